The van der Waals surface area contributed by atoms with E-state index >= 15 is 0 Å². The van der Waals surface area contributed by atoms with E-state index in [0.29, 0.717) is 61.0 Å². The summed E-state index contributed by atoms with van der Waals surface area (Å²) in [7, 11) is 0. The number of benzene rings is 4. The van der Waals surface area contributed by atoms with Crippen molar-refractivity contribution >= 4 is 28.7 Å². The van der Waals surface area contributed by atoms with Gasteiger partial charge in [0.2, 0.25) is 5.91 Å². The lowest BCUT2D eigenvalue weighted by Gasteiger charge is -2.23. The average molecular weight is 684 g/mol. The maximum atomic E-state index is 13.7. The molecule has 0 unspecified atom stereocenters. The summed E-state index contributed by atoms with van der Waals surface area (Å²) >= 11 is 0. The lowest BCUT2D eigenvalue weighted by Crippen LogP contribution is -2.35. The minimum Gasteiger partial charge on any atom is -0.384 e. The molecule has 0 atom stereocenters. The van der Waals surface area contributed by atoms with E-state index in [9.17, 15) is 22.8 Å². The van der Waals surface area contributed by atoms with E-state index in [1.54, 1.807) is 18.2 Å². The molecule has 12 heteroatoms. The Morgan fingerprint density at radius 3 is 2.28 bits per heavy atom. The first kappa shape index (κ1) is 35.8. The van der Waals surface area contributed by atoms with E-state index in [1.807, 2.05) is 60.7 Å². The molecule has 50 heavy (non-hydrogen) atoms. The van der Waals surface area contributed by atoms with Gasteiger partial charge in [0.1, 0.15) is 11.7 Å². The molecule has 0 saturated carbocycles. The topological polar surface area (TPSA) is 143 Å². The maximum Gasteiger partial charge on any atom is 0.416 e. The normalized spacial score (nSPS) is 11.4. The molecule has 5 rings (SSSR count). The van der Waals surface area contributed by atoms with Crippen LogP contribution in [0.4, 0.5) is 13.2 Å². The Morgan fingerprint density at radius 2 is 1.58 bits per heavy atom. The van der Waals surface area contributed by atoms with Crippen LogP contribution in [0.15, 0.2) is 97.1 Å². The highest BCUT2D eigenvalue weighted by atomic mass is 19.4. The van der Waals surface area contributed by atoms with Gasteiger partial charge < -0.3 is 26.3 Å². The zero-order chi connectivity index (χ0) is 35.7. The van der Waals surface area contributed by atoms with Crippen molar-refractivity contribution in [2.45, 2.75) is 44.9 Å². The molecule has 2 amide bonds. The fourth-order valence-corrected chi connectivity index (χ4v) is 5.83. The van der Waals surface area contributed by atoms with Gasteiger partial charge in [-0.25, -0.2) is 4.98 Å². The number of amides is 2. The first-order valence-corrected chi connectivity index (χ1v) is 16.4. The summed E-state index contributed by atoms with van der Waals surface area (Å²) in [6.07, 6.45) is -2.29. The van der Waals surface area contributed by atoms with Crippen LogP contribution in [0.3, 0.4) is 0 Å². The summed E-state index contributed by atoms with van der Waals surface area (Å²) in [5.74, 6) is 0.381. The molecule has 0 spiro atoms. The van der Waals surface area contributed by atoms with Crippen molar-refractivity contribution in [3.63, 3.8) is 0 Å². The molecule has 6 N–H and O–H groups in total. The Labute approximate surface area is 288 Å². The number of carbonyl (C=O) groups excluding carboxylic acids is 2. The summed E-state index contributed by atoms with van der Waals surface area (Å²) in [4.78, 5) is 32.6. The quantitative estimate of drug-likeness (QED) is 0.0658. The van der Waals surface area contributed by atoms with E-state index in [1.165, 1.54) is 11.0 Å². The van der Waals surface area contributed by atoms with Gasteiger partial charge in [0.25, 0.3) is 5.91 Å². The van der Waals surface area contributed by atoms with Gasteiger partial charge in [-0.1, -0.05) is 66.7 Å². The molecule has 0 fully saturated rings. The van der Waals surface area contributed by atoms with Crippen LogP contribution >= 0.6 is 0 Å². The first-order valence-electron chi connectivity index (χ1n) is 16.4. The number of carbonyl (C=O) groups is 2. The fraction of sp³-hybridized carbons (Fsp3) is 0.263. The van der Waals surface area contributed by atoms with Crippen LogP contribution < -0.4 is 16.8 Å². The van der Waals surface area contributed by atoms with Crippen LogP contribution in [0.25, 0.3) is 11.0 Å². The van der Waals surface area contributed by atoms with E-state index in [0.717, 1.165) is 34.6 Å². The highest BCUT2D eigenvalue weighted by molar-refractivity contribution is 5.97. The Morgan fingerprint density at radius 1 is 0.860 bits per heavy atom. The minimum absolute atomic E-state index is 0.000548. The third-order valence-corrected chi connectivity index (χ3v) is 8.38. The summed E-state index contributed by atoms with van der Waals surface area (Å²) in [5, 5.41) is 10.6. The standard InChI is InChI=1S/C38H40F3N7O2/c39-38(40,41)31-9-4-8-28(22-31)25-47(21-18-42)37(50)30-15-16-33-32(24-30)46-34(17-12-26-10-13-29(14-11-26)36(43)44)48(33)20-5-19-45-35(49)23-27-6-2-1-3-7-27/h1-4,6-11,13-16,22,24H,5,12,17-21,23,25,42H2,(H3,43,44)(H,45,49). The predicted molar refractivity (Wildman–Crippen MR) is 188 cm³/mol. The van der Waals surface area contributed by atoms with E-state index in [2.05, 4.69) is 9.88 Å². The Bertz CT molecular complexity index is 1940. The smallest absolute Gasteiger partial charge is 0.384 e. The van der Waals surface area contributed by atoms with Gasteiger partial charge in [-0.15, -0.1) is 0 Å². The molecule has 1 heterocycles. The monoisotopic (exact) mass is 683 g/mol. The molecule has 1 aromatic heterocycles. The third-order valence-electron chi connectivity index (χ3n) is 8.38. The number of halogens is 3. The lowest BCUT2D eigenvalue weighted by molar-refractivity contribution is -0.137. The molecule has 0 aliphatic rings. The van der Waals surface area contributed by atoms with Crippen LogP contribution in [0, 0.1) is 5.41 Å². The summed E-state index contributed by atoms with van der Waals surface area (Å²) in [6.45, 7) is 1.31. The number of nitrogens with zero attached hydrogens (tertiary/aromatic N) is 3. The van der Waals surface area contributed by atoms with E-state index in [4.69, 9.17) is 21.9 Å². The zero-order valence-electron chi connectivity index (χ0n) is 27.5. The van der Waals surface area contributed by atoms with Crippen LogP contribution in [0.1, 0.15) is 50.4 Å². The molecule has 9 nitrogen and oxygen atoms in total. The summed E-state index contributed by atoms with van der Waals surface area (Å²) in [5.41, 5.74) is 15.4. The van der Waals surface area contributed by atoms with Gasteiger partial charge >= 0.3 is 6.18 Å². The van der Waals surface area contributed by atoms with Gasteiger partial charge in [0.05, 0.1) is 23.0 Å². The molecule has 0 radical (unpaired) electrons. The number of hydrogen-bond acceptors (Lipinski definition) is 5. The number of nitrogen functional groups attached to an aromatic ring is 1. The van der Waals surface area contributed by atoms with Crippen molar-refractivity contribution in [3.05, 3.63) is 136 Å². The first-order chi connectivity index (χ1) is 24.0. The minimum atomic E-state index is -4.49. The number of fused-ring (bicyclic) bond motifs is 1. The lowest BCUT2D eigenvalue weighted by atomic mass is 10.1. The second-order valence-electron chi connectivity index (χ2n) is 12.1. The van der Waals surface area contributed by atoms with Gasteiger partial charge in [-0.2, -0.15) is 13.2 Å². The molecule has 5 aromatic rings. The second kappa shape index (κ2) is 16.3. The van der Waals surface area contributed by atoms with Crippen molar-refractivity contribution in [2.75, 3.05) is 19.6 Å². The van der Waals surface area contributed by atoms with Crippen LogP contribution in [0.2, 0.25) is 0 Å². The molecule has 0 bridgehead atoms. The highest BCUT2D eigenvalue weighted by Gasteiger charge is 2.30. The average Bonchev–Trinajstić information content (AvgIpc) is 3.45. The van der Waals surface area contributed by atoms with Gasteiger partial charge in [-0.05, 0) is 59.9 Å². The number of alkyl halides is 3. The number of amidine groups is 1. The van der Waals surface area contributed by atoms with E-state index in [-0.39, 0.29) is 37.3 Å². The van der Waals surface area contributed by atoms with Crippen molar-refractivity contribution < 1.29 is 22.8 Å². The molecule has 0 aliphatic carbocycles. The summed E-state index contributed by atoms with van der Waals surface area (Å²) in [6, 6.07) is 27.2. The summed E-state index contributed by atoms with van der Waals surface area (Å²) < 4.78 is 42.1. The Hall–Kier alpha value is -5.49. The number of imidazole rings is 1. The largest absolute Gasteiger partial charge is 0.416 e. The second-order valence-corrected chi connectivity index (χ2v) is 12.1. The molecule has 4 aromatic carbocycles. The Balaban J connectivity index is 1.35. The van der Waals surface area contributed by atoms with Crippen molar-refractivity contribution in [3.8, 4) is 0 Å². The van der Waals surface area contributed by atoms with Gasteiger partial charge in [0, 0.05) is 50.3 Å². The van der Waals surface area contributed by atoms with Gasteiger partial charge in [0.15, 0.2) is 0 Å². The number of nitrogens with one attached hydrogen (secondary N) is 2. The van der Waals surface area contributed by atoms with Crippen molar-refractivity contribution in [1.29, 1.82) is 5.41 Å². The molecular weight excluding hydrogens is 643 g/mol. The highest BCUT2D eigenvalue weighted by Crippen LogP contribution is 2.30. The SMILES string of the molecule is N=C(N)c1ccc(CCc2nc3cc(C(=O)N(CCN)Cc4cccc(C(F)(F)F)c4)ccc3n2CCCNC(=O)Cc2ccccc2)cc1. The molecular formula is C38H40F3N7O2. The van der Waals surface area contributed by atoms with Crippen LogP contribution in [-0.2, 0) is 43.3 Å². The molecule has 0 aliphatic heterocycles. The number of aryl methyl sites for hydroxylation is 3. The van der Waals surface area contributed by atoms with Gasteiger partial charge in [-0.3, -0.25) is 15.0 Å². The van der Waals surface area contributed by atoms with Crippen LogP contribution in [-0.4, -0.2) is 51.7 Å². The molecule has 260 valence electrons. The number of hydrogen-bond donors (Lipinski definition) is 4. The maximum absolute atomic E-state index is 13.7. The predicted octanol–water partition coefficient (Wildman–Crippen LogP) is 5.47. The van der Waals surface area contributed by atoms with Crippen molar-refractivity contribution in [1.82, 2.24) is 19.8 Å². The number of rotatable bonds is 15. The van der Waals surface area contributed by atoms with Crippen molar-refractivity contribution in [2.24, 2.45) is 11.5 Å². The fourth-order valence-electron chi connectivity index (χ4n) is 5.83. The Kier molecular flexibility index (Phi) is 11.7. The molecule has 0 saturated heterocycles. The zero-order valence-corrected chi connectivity index (χ0v) is 27.5. The van der Waals surface area contributed by atoms with Crippen LogP contribution in [0.5, 0.6) is 0 Å². The number of aromatic nitrogens is 2. The third kappa shape index (κ3) is 9.35. The number of nitrogens with two attached hydrogens (primary N) is 2. The van der Waals surface area contributed by atoms with E-state index < -0.39 is 11.7 Å².